The zero-order chi connectivity index (χ0) is 19.9. The van der Waals surface area contributed by atoms with Gasteiger partial charge in [0.05, 0.1) is 12.5 Å². The lowest BCUT2D eigenvalue weighted by Crippen LogP contribution is -2.49. The summed E-state index contributed by atoms with van der Waals surface area (Å²) in [7, 11) is 0. The number of ether oxygens (including phenoxy) is 1. The summed E-state index contributed by atoms with van der Waals surface area (Å²) in [5.41, 5.74) is 0.846. The van der Waals surface area contributed by atoms with Crippen LogP contribution in [0.5, 0.6) is 5.75 Å². The molecule has 2 aliphatic rings. The smallest absolute Gasteiger partial charge is 0.392 e. The number of carbonyl (C=O) groups excluding carboxylic acids is 1. The van der Waals surface area contributed by atoms with Gasteiger partial charge in [-0.15, -0.1) is 0 Å². The number of carbonyl (C=O) groups is 1. The van der Waals surface area contributed by atoms with Gasteiger partial charge in [-0.2, -0.15) is 18.3 Å². The predicted octanol–water partition coefficient (Wildman–Crippen LogP) is 3.65. The van der Waals surface area contributed by atoms with Crippen molar-refractivity contribution in [2.24, 2.45) is 11.8 Å². The number of rotatable bonds is 5. The Morgan fingerprint density at radius 3 is 2.68 bits per heavy atom. The molecule has 1 saturated carbocycles. The fraction of sp³-hybridized carbons (Fsp3) is 0.474. The van der Waals surface area contributed by atoms with Crippen molar-refractivity contribution in [1.82, 2.24) is 14.7 Å². The summed E-state index contributed by atoms with van der Waals surface area (Å²) >= 11 is 0. The predicted molar refractivity (Wildman–Crippen MR) is 91.1 cm³/mol. The molecule has 0 saturated heterocycles. The number of benzene rings is 1. The van der Waals surface area contributed by atoms with Gasteiger partial charge in [0.2, 0.25) is 0 Å². The largest absolute Gasteiger partial charge is 0.487 e. The molecule has 2 heterocycles. The number of fused-ring (bicyclic) bond motifs is 1. The molecule has 1 aromatic carbocycles. The minimum Gasteiger partial charge on any atom is -0.487 e. The van der Waals surface area contributed by atoms with Gasteiger partial charge in [-0.05, 0) is 37.0 Å². The van der Waals surface area contributed by atoms with Gasteiger partial charge in [-0.25, -0.2) is 4.39 Å². The lowest BCUT2D eigenvalue weighted by Gasteiger charge is -2.41. The maximum Gasteiger partial charge on any atom is 0.392 e. The van der Waals surface area contributed by atoms with Crippen molar-refractivity contribution >= 4 is 5.91 Å². The molecule has 1 unspecified atom stereocenters. The molecule has 0 N–H and O–H groups in total. The molecule has 9 heteroatoms. The first-order valence-electron chi connectivity index (χ1n) is 9.12. The zero-order valence-electron chi connectivity index (χ0n) is 15.0. The molecule has 2 atom stereocenters. The third-order valence-corrected chi connectivity index (χ3v) is 5.39. The lowest BCUT2D eigenvalue weighted by molar-refractivity contribution is -0.214. The van der Waals surface area contributed by atoms with Crippen LogP contribution in [0.2, 0.25) is 0 Å². The van der Waals surface area contributed by atoms with E-state index in [9.17, 15) is 22.4 Å². The van der Waals surface area contributed by atoms with Crippen LogP contribution in [0.4, 0.5) is 17.6 Å². The number of halogens is 4. The number of hydrogen-bond donors (Lipinski definition) is 0. The topological polar surface area (TPSA) is 47.4 Å². The second-order valence-electron chi connectivity index (χ2n) is 7.23. The molecule has 0 radical (unpaired) electrons. The SMILES string of the molecule is O=C1c2cc(COc3cccc(F)c3)nn2CCN1C[C@@H]1CCC1C(F)(F)F. The number of nitrogens with zero attached hydrogens (tertiary/aromatic N) is 3. The Balaban J connectivity index is 1.40. The van der Waals surface area contributed by atoms with Crippen LogP contribution in [0, 0.1) is 17.7 Å². The molecule has 150 valence electrons. The molecule has 0 spiro atoms. The molecule has 2 aromatic rings. The van der Waals surface area contributed by atoms with Gasteiger partial charge in [-0.1, -0.05) is 6.07 Å². The quantitative estimate of drug-likeness (QED) is 0.724. The summed E-state index contributed by atoms with van der Waals surface area (Å²) in [6.45, 7) is 0.933. The normalized spacial score (nSPS) is 22.0. The summed E-state index contributed by atoms with van der Waals surface area (Å²) in [4.78, 5) is 14.2. The van der Waals surface area contributed by atoms with E-state index in [1.165, 1.54) is 23.1 Å². The fourth-order valence-electron chi connectivity index (χ4n) is 3.75. The molecule has 1 amide bonds. The first-order chi connectivity index (χ1) is 13.3. The molecule has 1 aromatic heterocycles. The molecule has 4 rings (SSSR count). The van der Waals surface area contributed by atoms with E-state index in [-0.39, 0.29) is 25.5 Å². The van der Waals surface area contributed by atoms with Crippen molar-refractivity contribution in [3.05, 3.63) is 47.5 Å². The fourth-order valence-corrected chi connectivity index (χ4v) is 3.75. The molecule has 1 aliphatic carbocycles. The Labute approximate surface area is 158 Å². The molecular weight excluding hydrogens is 378 g/mol. The average molecular weight is 397 g/mol. The Morgan fingerprint density at radius 2 is 2.00 bits per heavy atom. The summed E-state index contributed by atoms with van der Waals surface area (Å²) < 4.78 is 59.0. The molecular formula is C19H19F4N3O2. The second kappa shape index (κ2) is 7.10. The maximum absolute atomic E-state index is 13.2. The van der Waals surface area contributed by atoms with E-state index in [2.05, 4.69) is 5.10 Å². The van der Waals surface area contributed by atoms with E-state index in [1.807, 2.05) is 0 Å². The molecule has 1 aliphatic heterocycles. The van der Waals surface area contributed by atoms with Crippen LogP contribution in [-0.4, -0.2) is 39.9 Å². The van der Waals surface area contributed by atoms with Gasteiger partial charge in [0, 0.05) is 19.2 Å². The van der Waals surface area contributed by atoms with Crippen molar-refractivity contribution in [3.63, 3.8) is 0 Å². The summed E-state index contributed by atoms with van der Waals surface area (Å²) in [5.74, 6) is -2.23. The van der Waals surface area contributed by atoms with Crippen LogP contribution in [-0.2, 0) is 13.2 Å². The van der Waals surface area contributed by atoms with Crippen LogP contribution in [0.25, 0.3) is 0 Å². The highest BCUT2D eigenvalue weighted by atomic mass is 19.4. The van der Waals surface area contributed by atoms with Crippen LogP contribution >= 0.6 is 0 Å². The molecule has 28 heavy (non-hydrogen) atoms. The van der Waals surface area contributed by atoms with Crippen molar-refractivity contribution in [1.29, 1.82) is 0 Å². The number of alkyl halides is 3. The summed E-state index contributed by atoms with van der Waals surface area (Å²) in [6, 6.07) is 7.27. The van der Waals surface area contributed by atoms with Crippen LogP contribution in [0.1, 0.15) is 29.0 Å². The number of hydrogen-bond acceptors (Lipinski definition) is 3. The minimum absolute atomic E-state index is 0.0650. The van der Waals surface area contributed by atoms with E-state index in [0.717, 1.165) is 0 Å². The van der Waals surface area contributed by atoms with Gasteiger partial charge in [-0.3, -0.25) is 9.48 Å². The Morgan fingerprint density at radius 1 is 1.18 bits per heavy atom. The van der Waals surface area contributed by atoms with E-state index in [0.29, 0.717) is 36.6 Å². The van der Waals surface area contributed by atoms with Gasteiger partial charge in [0.25, 0.3) is 5.91 Å². The molecule has 1 fully saturated rings. The van der Waals surface area contributed by atoms with Gasteiger partial charge in [0.1, 0.15) is 29.6 Å². The highest BCUT2D eigenvalue weighted by Gasteiger charge is 2.50. The van der Waals surface area contributed by atoms with Crippen molar-refractivity contribution in [2.75, 3.05) is 13.1 Å². The van der Waals surface area contributed by atoms with Crippen LogP contribution in [0.3, 0.4) is 0 Å². The number of aromatic nitrogens is 2. The van der Waals surface area contributed by atoms with Crippen LogP contribution < -0.4 is 4.74 Å². The van der Waals surface area contributed by atoms with Crippen molar-refractivity contribution < 1.29 is 27.1 Å². The van der Waals surface area contributed by atoms with E-state index >= 15 is 0 Å². The third kappa shape index (κ3) is 3.70. The average Bonchev–Trinajstić information content (AvgIpc) is 3.01. The first-order valence-corrected chi connectivity index (χ1v) is 9.12. The van der Waals surface area contributed by atoms with Gasteiger partial charge in [0.15, 0.2) is 0 Å². The summed E-state index contributed by atoms with van der Waals surface area (Å²) in [5, 5.41) is 4.31. The number of amides is 1. The van der Waals surface area contributed by atoms with Crippen molar-refractivity contribution in [3.8, 4) is 5.75 Å². The highest BCUT2D eigenvalue weighted by molar-refractivity contribution is 5.93. The minimum atomic E-state index is -4.20. The third-order valence-electron chi connectivity index (χ3n) is 5.39. The zero-order valence-corrected chi connectivity index (χ0v) is 15.0. The monoisotopic (exact) mass is 397 g/mol. The second-order valence-corrected chi connectivity index (χ2v) is 7.23. The first kappa shape index (κ1) is 18.8. The van der Waals surface area contributed by atoms with Gasteiger partial charge < -0.3 is 9.64 Å². The Bertz CT molecular complexity index is 880. The van der Waals surface area contributed by atoms with Gasteiger partial charge >= 0.3 is 6.18 Å². The molecule has 5 nitrogen and oxygen atoms in total. The lowest BCUT2D eigenvalue weighted by atomic mass is 9.73. The van der Waals surface area contributed by atoms with Crippen LogP contribution in [0.15, 0.2) is 30.3 Å². The maximum atomic E-state index is 13.2. The Kier molecular flexibility index (Phi) is 4.76. The van der Waals surface area contributed by atoms with E-state index in [4.69, 9.17) is 4.74 Å². The van der Waals surface area contributed by atoms with E-state index < -0.39 is 23.8 Å². The van der Waals surface area contributed by atoms with E-state index in [1.54, 1.807) is 16.8 Å². The van der Waals surface area contributed by atoms with Crippen molar-refractivity contribution in [2.45, 2.75) is 32.2 Å². The Hall–Kier alpha value is -2.58. The summed E-state index contributed by atoms with van der Waals surface area (Å²) in [6.07, 6.45) is -3.58. The standard InChI is InChI=1S/C19H19F4N3O2/c20-13-2-1-3-15(8-13)28-11-14-9-17-18(27)25(6-7-26(17)24-14)10-12-4-5-16(12)19(21,22)23/h1-3,8-9,12,16H,4-7,10-11H2/t12-,16?/m0/s1. The highest BCUT2D eigenvalue weighted by Crippen LogP contribution is 2.46. The molecule has 0 bridgehead atoms.